The van der Waals surface area contributed by atoms with Crippen molar-refractivity contribution in [3.8, 4) is 0 Å². The molecule has 16 heavy (non-hydrogen) atoms. The van der Waals surface area contributed by atoms with Gasteiger partial charge in [-0.2, -0.15) is 0 Å². The smallest absolute Gasteiger partial charge is 0.214 e. The molecule has 4 nitrogen and oxygen atoms in total. The average Bonchev–Trinajstić information content (AvgIpc) is 2.75. The third-order valence-corrected chi connectivity index (χ3v) is 5.78. The minimum Gasteiger partial charge on any atom is -0.393 e. The topological polar surface area (TPSA) is 66.4 Å². The molecule has 0 amide bonds. The van der Waals surface area contributed by atoms with Gasteiger partial charge in [-0.3, -0.25) is 0 Å². The number of hydrogen-bond donors (Lipinski definition) is 2. The lowest BCUT2D eigenvalue weighted by molar-refractivity contribution is 0.120. The standard InChI is InChI=1S/C11H21NO3S/c13-10-7-5-9(6-8-10)12-16(14,15)11-3-1-2-4-11/h9-13H,1-8H2. The summed E-state index contributed by atoms with van der Waals surface area (Å²) in [5.41, 5.74) is 0. The van der Waals surface area contributed by atoms with E-state index < -0.39 is 10.0 Å². The van der Waals surface area contributed by atoms with Crippen LogP contribution in [-0.2, 0) is 10.0 Å². The molecular weight excluding hydrogens is 226 g/mol. The largest absolute Gasteiger partial charge is 0.393 e. The Kier molecular flexibility index (Phi) is 3.87. The summed E-state index contributed by atoms with van der Waals surface area (Å²) in [5, 5.41) is 9.19. The molecule has 2 saturated carbocycles. The van der Waals surface area contributed by atoms with Gasteiger partial charge in [-0.1, -0.05) is 12.8 Å². The number of aliphatic hydroxyl groups is 1. The summed E-state index contributed by atoms with van der Waals surface area (Å²) >= 11 is 0. The minimum atomic E-state index is -3.11. The molecule has 0 radical (unpaired) electrons. The molecule has 0 spiro atoms. The molecule has 2 aliphatic carbocycles. The first kappa shape index (κ1) is 12.3. The maximum Gasteiger partial charge on any atom is 0.214 e. The van der Waals surface area contributed by atoms with E-state index in [0.717, 1.165) is 51.4 Å². The maximum atomic E-state index is 12.0. The van der Waals surface area contributed by atoms with E-state index in [1.165, 1.54) is 0 Å². The lowest BCUT2D eigenvalue weighted by Crippen LogP contribution is -2.42. The van der Waals surface area contributed by atoms with Crippen molar-refractivity contribution in [1.29, 1.82) is 0 Å². The van der Waals surface area contributed by atoms with Gasteiger partial charge in [-0.05, 0) is 38.5 Å². The van der Waals surface area contributed by atoms with Crippen LogP contribution >= 0.6 is 0 Å². The van der Waals surface area contributed by atoms with Gasteiger partial charge in [0.2, 0.25) is 10.0 Å². The Morgan fingerprint density at radius 3 is 2.06 bits per heavy atom. The van der Waals surface area contributed by atoms with E-state index >= 15 is 0 Å². The summed E-state index contributed by atoms with van der Waals surface area (Å²) in [4.78, 5) is 0. The fourth-order valence-corrected chi connectivity index (χ4v) is 4.57. The van der Waals surface area contributed by atoms with Gasteiger partial charge in [0.1, 0.15) is 0 Å². The zero-order valence-corrected chi connectivity index (χ0v) is 10.4. The van der Waals surface area contributed by atoms with E-state index in [2.05, 4.69) is 4.72 Å². The fraction of sp³-hybridized carbons (Fsp3) is 1.00. The Balaban J connectivity index is 1.88. The second kappa shape index (κ2) is 5.02. The highest BCUT2D eigenvalue weighted by Gasteiger charge is 2.31. The molecular formula is C11H21NO3S. The third kappa shape index (κ3) is 2.96. The van der Waals surface area contributed by atoms with Crippen LogP contribution in [0.2, 0.25) is 0 Å². The molecule has 0 bridgehead atoms. The predicted molar refractivity (Wildman–Crippen MR) is 62.6 cm³/mol. The van der Waals surface area contributed by atoms with Crippen LogP contribution in [0.15, 0.2) is 0 Å². The van der Waals surface area contributed by atoms with Crippen molar-refractivity contribution in [3.63, 3.8) is 0 Å². The summed E-state index contributed by atoms with van der Waals surface area (Å²) in [6.45, 7) is 0. The Bertz CT molecular complexity index is 314. The quantitative estimate of drug-likeness (QED) is 0.786. The Morgan fingerprint density at radius 2 is 1.50 bits per heavy atom. The van der Waals surface area contributed by atoms with Gasteiger partial charge in [0.05, 0.1) is 11.4 Å². The number of nitrogens with one attached hydrogen (secondary N) is 1. The first-order chi connectivity index (χ1) is 7.58. The van der Waals surface area contributed by atoms with Crippen molar-refractivity contribution in [3.05, 3.63) is 0 Å². The molecule has 2 rings (SSSR count). The van der Waals surface area contributed by atoms with E-state index in [0.29, 0.717) is 0 Å². The van der Waals surface area contributed by atoms with Gasteiger partial charge in [0.25, 0.3) is 0 Å². The minimum absolute atomic E-state index is 0.0500. The molecule has 2 fully saturated rings. The predicted octanol–water partition coefficient (Wildman–Crippen LogP) is 1.15. The average molecular weight is 247 g/mol. The van der Waals surface area contributed by atoms with E-state index in [1.807, 2.05) is 0 Å². The number of aliphatic hydroxyl groups excluding tert-OH is 1. The lowest BCUT2D eigenvalue weighted by Gasteiger charge is -2.27. The second-order valence-electron chi connectivity index (χ2n) is 5.07. The number of hydrogen-bond acceptors (Lipinski definition) is 3. The summed E-state index contributed by atoms with van der Waals surface area (Å²) in [5.74, 6) is 0. The van der Waals surface area contributed by atoms with Crippen LogP contribution in [0.3, 0.4) is 0 Å². The van der Waals surface area contributed by atoms with E-state index in [4.69, 9.17) is 0 Å². The summed E-state index contributed by atoms with van der Waals surface area (Å²) in [7, 11) is -3.11. The third-order valence-electron chi connectivity index (χ3n) is 3.77. The van der Waals surface area contributed by atoms with Gasteiger partial charge in [-0.25, -0.2) is 13.1 Å². The highest BCUT2D eigenvalue weighted by Crippen LogP contribution is 2.26. The first-order valence-corrected chi connectivity index (χ1v) is 7.82. The molecule has 0 aromatic rings. The van der Waals surface area contributed by atoms with Crippen LogP contribution < -0.4 is 4.72 Å². The molecule has 0 heterocycles. The molecule has 0 aromatic carbocycles. The van der Waals surface area contributed by atoms with Crippen LogP contribution in [0.25, 0.3) is 0 Å². The Morgan fingerprint density at radius 1 is 0.938 bits per heavy atom. The fourth-order valence-electron chi connectivity index (χ4n) is 2.72. The van der Waals surface area contributed by atoms with Crippen molar-refractivity contribution in [2.45, 2.75) is 68.8 Å². The summed E-state index contributed by atoms with van der Waals surface area (Å²) in [6, 6.07) is 0.0500. The Hall–Kier alpha value is -0.130. The van der Waals surface area contributed by atoms with Crippen LogP contribution in [0.1, 0.15) is 51.4 Å². The van der Waals surface area contributed by atoms with Gasteiger partial charge in [0, 0.05) is 6.04 Å². The molecule has 2 aliphatic rings. The number of rotatable bonds is 3. The van der Waals surface area contributed by atoms with E-state index in [-0.39, 0.29) is 17.4 Å². The van der Waals surface area contributed by atoms with Gasteiger partial charge in [-0.15, -0.1) is 0 Å². The van der Waals surface area contributed by atoms with Crippen LogP contribution in [-0.4, -0.2) is 30.9 Å². The summed E-state index contributed by atoms with van der Waals surface area (Å²) in [6.07, 6.45) is 6.45. The van der Waals surface area contributed by atoms with Crippen molar-refractivity contribution < 1.29 is 13.5 Å². The highest BCUT2D eigenvalue weighted by atomic mass is 32.2. The molecule has 2 N–H and O–H groups in total. The Labute approximate surface area is 97.5 Å². The lowest BCUT2D eigenvalue weighted by atomic mass is 9.94. The van der Waals surface area contributed by atoms with Crippen molar-refractivity contribution in [2.24, 2.45) is 0 Å². The number of sulfonamides is 1. The molecule has 0 aliphatic heterocycles. The monoisotopic (exact) mass is 247 g/mol. The van der Waals surface area contributed by atoms with Gasteiger partial charge in [0.15, 0.2) is 0 Å². The molecule has 0 saturated heterocycles. The zero-order valence-electron chi connectivity index (χ0n) is 9.56. The highest BCUT2D eigenvalue weighted by molar-refractivity contribution is 7.90. The van der Waals surface area contributed by atoms with E-state index in [1.54, 1.807) is 0 Å². The normalized spacial score (nSPS) is 33.1. The van der Waals surface area contributed by atoms with Crippen LogP contribution in [0.4, 0.5) is 0 Å². The summed E-state index contributed by atoms with van der Waals surface area (Å²) < 4.78 is 26.8. The van der Waals surface area contributed by atoms with Gasteiger partial charge >= 0.3 is 0 Å². The molecule has 5 heteroatoms. The molecule has 0 unspecified atom stereocenters. The molecule has 0 atom stereocenters. The maximum absolute atomic E-state index is 12.0. The van der Waals surface area contributed by atoms with Crippen molar-refractivity contribution >= 4 is 10.0 Å². The zero-order chi connectivity index (χ0) is 11.6. The second-order valence-corrected chi connectivity index (χ2v) is 7.07. The molecule has 94 valence electrons. The molecule has 0 aromatic heterocycles. The van der Waals surface area contributed by atoms with Crippen molar-refractivity contribution in [2.75, 3.05) is 0 Å². The van der Waals surface area contributed by atoms with Crippen LogP contribution in [0, 0.1) is 0 Å². The van der Waals surface area contributed by atoms with Crippen LogP contribution in [0.5, 0.6) is 0 Å². The van der Waals surface area contributed by atoms with E-state index in [9.17, 15) is 13.5 Å². The van der Waals surface area contributed by atoms with Gasteiger partial charge < -0.3 is 5.11 Å². The van der Waals surface area contributed by atoms with Crippen molar-refractivity contribution in [1.82, 2.24) is 4.72 Å². The SMILES string of the molecule is O=S(=O)(NC1CCC(O)CC1)C1CCCC1. The first-order valence-electron chi connectivity index (χ1n) is 6.27.